The Balaban J connectivity index is 2.02. The largest absolute Gasteiger partial charge is 0.464 e. The number of hydrogen-bond donors (Lipinski definition) is 0. The molecule has 0 aliphatic carbocycles. The molecule has 9 heteroatoms. The highest BCUT2D eigenvalue weighted by atomic mass is 35.5. The van der Waals surface area contributed by atoms with Crippen LogP contribution >= 0.6 is 11.6 Å². The Labute approximate surface area is 181 Å². The van der Waals surface area contributed by atoms with Crippen molar-refractivity contribution in [2.75, 3.05) is 0 Å². The van der Waals surface area contributed by atoms with E-state index in [9.17, 15) is 8.42 Å². The van der Waals surface area contributed by atoms with Gasteiger partial charge in [0.25, 0.3) is 10.1 Å². The van der Waals surface area contributed by atoms with E-state index in [0.717, 1.165) is 5.56 Å². The number of para-hydroxylation sites is 1. The van der Waals surface area contributed by atoms with E-state index < -0.39 is 27.9 Å². The summed E-state index contributed by atoms with van der Waals surface area (Å²) in [6.07, 6.45) is 0.911. The lowest BCUT2D eigenvalue weighted by Gasteiger charge is -2.35. The highest BCUT2D eigenvalue weighted by Gasteiger charge is 2.41. The summed E-state index contributed by atoms with van der Waals surface area (Å²) in [7, 11) is -4.07. The summed E-state index contributed by atoms with van der Waals surface area (Å²) in [6, 6.07) is 13.4. The molecule has 3 aromatic rings. The molecule has 1 aromatic heterocycles. The molecular weight excluding hydrogens is 426 g/mol. The second-order valence-corrected chi connectivity index (χ2v) is 9.94. The van der Waals surface area contributed by atoms with E-state index in [0.29, 0.717) is 10.8 Å². The zero-order chi connectivity index (χ0) is 21.9. The quantitative estimate of drug-likeness (QED) is 0.488. The molecule has 7 nitrogen and oxygen atoms in total. The molecule has 0 radical (unpaired) electrons. The van der Waals surface area contributed by atoms with Crippen molar-refractivity contribution in [1.29, 1.82) is 0 Å². The summed E-state index contributed by atoms with van der Waals surface area (Å²) in [4.78, 5) is 4.04. The lowest BCUT2D eigenvalue weighted by atomic mass is 9.88. The van der Waals surface area contributed by atoms with Crippen molar-refractivity contribution < 1.29 is 17.3 Å². The summed E-state index contributed by atoms with van der Waals surface area (Å²) in [6.45, 7) is 7.47. The molecule has 1 heterocycles. The molecule has 0 amide bonds. The standard InChI is InChI=1S/C21H24ClN3O4S/c1-15-9-11-16(12-10-15)30(26,27)29-19(21(2,3)4)20(25-14-23-13-24-25)28-18-8-6-5-7-17(18)22/h5-14,19-20H,1-4H3. The first kappa shape index (κ1) is 22.3. The molecule has 0 saturated heterocycles. The van der Waals surface area contributed by atoms with Gasteiger partial charge in [-0.2, -0.15) is 13.5 Å². The highest BCUT2D eigenvalue weighted by Crippen LogP contribution is 2.36. The number of aryl methyl sites for hydroxylation is 1. The van der Waals surface area contributed by atoms with Crippen LogP contribution in [0.5, 0.6) is 5.75 Å². The molecule has 2 unspecified atom stereocenters. The second-order valence-electron chi connectivity index (χ2n) is 7.96. The Morgan fingerprint density at radius 1 is 1.07 bits per heavy atom. The van der Waals surface area contributed by atoms with Crippen LogP contribution < -0.4 is 4.74 Å². The van der Waals surface area contributed by atoms with Crippen LogP contribution in [0.4, 0.5) is 0 Å². The molecule has 0 bridgehead atoms. The van der Waals surface area contributed by atoms with E-state index in [1.54, 1.807) is 36.4 Å². The predicted octanol–water partition coefficient (Wildman–Crippen LogP) is 4.64. The number of aromatic nitrogens is 3. The topological polar surface area (TPSA) is 83.3 Å². The van der Waals surface area contributed by atoms with Crippen molar-refractivity contribution in [3.63, 3.8) is 0 Å². The SMILES string of the molecule is Cc1ccc(S(=O)(=O)OC(C(Oc2ccccc2Cl)n2cncn2)C(C)(C)C)cc1. The molecule has 0 spiro atoms. The van der Waals surface area contributed by atoms with Gasteiger partial charge in [0.1, 0.15) is 24.5 Å². The van der Waals surface area contributed by atoms with Crippen molar-refractivity contribution >= 4 is 21.7 Å². The van der Waals surface area contributed by atoms with Gasteiger partial charge in [-0.1, -0.05) is 62.2 Å². The van der Waals surface area contributed by atoms with Crippen LogP contribution in [0.3, 0.4) is 0 Å². The fourth-order valence-electron chi connectivity index (χ4n) is 2.79. The lowest BCUT2D eigenvalue weighted by molar-refractivity contribution is -0.0541. The number of ether oxygens (including phenoxy) is 1. The maximum absolute atomic E-state index is 13.0. The fraction of sp³-hybridized carbons (Fsp3) is 0.333. The van der Waals surface area contributed by atoms with Gasteiger partial charge in [0, 0.05) is 0 Å². The van der Waals surface area contributed by atoms with Crippen LogP contribution in [0.2, 0.25) is 5.02 Å². The number of halogens is 1. The van der Waals surface area contributed by atoms with Gasteiger partial charge < -0.3 is 4.74 Å². The Morgan fingerprint density at radius 2 is 1.73 bits per heavy atom. The molecular formula is C21H24ClN3O4S. The average molecular weight is 450 g/mol. The first-order chi connectivity index (χ1) is 14.1. The van der Waals surface area contributed by atoms with Crippen molar-refractivity contribution in [2.45, 2.75) is 44.9 Å². The summed E-state index contributed by atoms with van der Waals surface area (Å²) in [5.74, 6) is 0.380. The second kappa shape index (κ2) is 8.75. The third-order valence-electron chi connectivity index (χ3n) is 4.43. The van der Waals surface area contributed by atoms with Gasteiger partial charge in [0.05, 0.1) is 9.92 Å². The Bertz CT molecular complexity index is 1080. The van der Waals surface area contributed by atoms with Gasteiger partial charge in [0.2, 0.25) is 6.23 Å². The Kier molecular flexibility index (Phi) is 6.50. The van der Waals surface area contributed by atoms with Gasteiger partial charge in [-0.3, -0.25) is 4.18 Å². The molecule has 160 valence electrons. The van der Waals surface area contributed by atoms with E-state index in [1.165, 1.54) is 29.5 Å². The first-order valence-corrected chi connectivity index (χ1v) is 11.1. The summed E-state index contributed by atoms with van der Waals surface area (Å²) in [5, 5.41) is 4.54. The zero-order valence-corrected chi connectivity index (χ0v) is 18.8. The molecule has 2 atom stereocenters. The van der Waals surface area contributed by atoms with E-state index in [-0.39, 0.29) is 4.90 Å². The Morgan fingerprint density at radius 3 is 2.30 bits per heavy atom. The third-order valence-corrected chi connectivity index (χ3v) is 6.06. The van der Waals surface area contributed by atoms with E-state index in [4.69, 9.17) is 20.5 Å². The van der Waals surface area contributed by atoms with E-state index >= 15 is 0 Å². The van der Waals surface area contributed by atoms with Crippen LogP contribution in [-0.4, -0.2) is 29.3 Å². The smallest absolute Gasteiger partial charge is 0.297 e. The van der Waals surface area contributed by atoms with Crippen molar-refractivity contribution in [1.82, 2.24) is 14.8 Å². The van der Waals surface area contributed by atoms with Gasteiger partial charge in [-0.05, 0) is 36.6 Å². The minimum absolute atomic E-state index is 0.0671. The van der Waals surface area contributed by atoms with Gasteiger partial charge in [0.15, 0.2) is 0 Å². The lowest BCUT2D eigenvalue weighted by Crippen LogP contribution is -2.42. The van der Waals surface area contributed by atoms with Crippen LogP contribution in [0.1, 0.15) is 32.6 Å². The third kappa shape index (κ3) is 5.19. The van der Waals surface area contributed by atoms with Crippen LogP contribution in [0.15, 0.2) is 66.1 Å². The predicted molar refractivity (Wildman–Crippen MR) is 114 cm³/mol. The molecule has 0 N–H and O–H groups in total. The van der Waals surface area contributed by atoms with E-state index in [1.807, 2.05) is 27.7 Å². The molecule has 30 heavy (non-hydrogen) atoms. The summed E-state index contributed by atoms with van der Waals surface area (Å²) < 4.78 is 39.4. The first-order valence-electron chi connectivity index (χ1n) is 9.33. The monoisotopic (exact) mass is 449 g/mol. The van der Waals surface area contributed by atoms with Crippen molar-refractivity contribution in [3.8, 4) is 5.75 Å². The van der Waals surface area contributed by atoms with Gasteiger partial charge in [-0.15, -0.1) is 0 Å². The van der Waals surface area contributed by atoms with Crippen molar-refractivity contribution in [2.24, 2.45) is 5.41 Å². The van der Waals surface area contributed by atoms with Gasteiger partial charge in [-0.25, -0.2) is 9.67 Å². The zero-order valence-electron chi connectivity index (χ0n) is 17.2. The molecule has 0 fully saturated rings. The molecule has 3 rings (SSSR count). The molecule has 0 aliphatic rings. The number of nitrogens with zero attached hydrogens (tertiary/aromatic N) is 3. The summed E-state index contributed by atoms with van der Waals surface area (Å²) in [5.41, 5.74) is 0.305. The number of hydrogen-bond acceptors (Lipinski definition) is 6. The van der Waals surface area contributed by atoms with Crippen LogP contribution in [0.25, 0.3) is 0 Å². The number of rotatable bonds is 7. The maximum atomic E-state index is 13.0. The minimum atomic E-state index is -4.07. The van der Waals surface area contributed by atoms with Crippen molar-refractivity contribution in [3.05, 3.63) is 71.8 Å². The van der Waals surface area contributed by atoms with E-state index in [2.05, 4.69) is 10.1 Å². The molecule has 2 aromatic carbocycles. The van der Waals surface area contributed by atoms with Gasteiger partial charge >= 0.3 is 0 Å². The molecule has 0 aliphatic heterocycles. The summed E-state index contributed by atoms with van der Waals surface area (Å²) >= 11 is 6.26. The minimum Gasteiger partial charge on any atom is -0.464 e. The normalized spacial score (nSPS) is 14.3. The molecule has 0 saturated carbocycles. The highest BCUT2D eigenvalue weighted by molar-refractivity contribution is 7.86. The van der Waals surface area contributed by atoms with Crippen LogP contribution in [-0.2, 0) is 14.3 Å². The Hall–Kier alpha value is -2.42. The average Bonchev–Trinajstić information content (AvgIpc) is 3.20. The van der Waals surface area contributed by atoms with Crippen LogP contribution in [0, 0.1) is 12.3 Å². The number of benzene rings is 2. The fourth-order valence-corrected chi connectivity index (χ4v) is 4.21. The maximum Gasteiger partial charge on any atom is 0.297 e.